The molecule has 1 fully saturated rings. The van der Waals surface area contributed by atoms with Gasteiger partial charge in [0, 0.05) is 30.2 Å². The molecular weight excluding hydrogens is 483 g/mol. The molecule has 0 saturated heterocycles. The van der Waals surface area contributed by atoms with Gasteiger partial charge in [0.15, 0.2) is 5.03 Å². The number of sulfonamides is 1. The van der Waals surface area contributed by atoms with Crippen LogP contribution in [0, 0.1) is 0 Å². The van der Waals surface area contributed by atoms with E-state index in [9.17, 15) is 8.42 Å². The highest BCUT2D eigenvalue weighted by molar-refractivity contribution is 7.89. The summed E-state index contributed by atoms with van der Waals surface area (Å²) in [6, 6.07) is 8.34. The second-order valence-electron chi connectivity index (χ2n) is 8.71. The third kappa shape index (κ3) is 4.44. The van der Waals surface area contributed by atoms with E-state index >= 15 is 0 Å². The van der Waals surface area contributed by atoms with Crippen LogP contribution in [0.3, 0.4) is 0 Å². The molecule has 2 aliphatic rings. The minimum Gasteiger partial charge on any atom is -0.339 e. The first-order valence-corrected chi connectivity index (χ1v) is 12.8. The third-order valence-corrected chi connectivity index (χ3v) is 8.36. The third-order valence-electron chi connectivity index (χ3n) is 6.77. The number of aryl methyl sites for hydroxylation is 1. The lowest BCUT2D eigenvalue weighted by molar-refractivity contribution is 0.157. The highest BCUT2D eigenvalue weighted by Gasteiger charge is 2.48. The van der Waals surface area contributed by atoms with E-state index in [1.165, 1.54) is 35.8 Å². The standard InChI is InChI=1S/C22H27ClN6O2S.ClH/c1-28-14-19(25-15-28)32(30,31)27-11-12-29-20-16(13-26-29)7-10-24-21(20)22(8-2-9-22)17-3-5-18(23)6-4-17;/h3-6,13-15,21,24,27H,2,7-12H2,1H3;1H. The quantitative estimate of drug-likeness (QED) is 0.509. The molecule has 1 atom stereocenters. The van der Waals surface area contributed by atoms with Crippen LogP contribution >= 0.6 is 24.0 Å². The summed E-state index contributed by atoms with van der Waals surface area (Å²) in [4.78, 5) is 3.95. The van der Waals surface area contributed by atoms with Crippen molar-refractivity contribution in [3.05, 3.63) is 64.8 Å². The molecule has 1 unspecified atom stereocenters. The predicted molar refractivity (Wildman–Crippen MR) is 129 cm³/mol. The molecule has 8 nitrogen and oxygen atoms in total. The van der Waals surface area contributed by atoms with Crippen LogP contribution in [0.25, 0.3) is 0 Å². The van der Waals surface area contributed by atoms with Crippen LogP contribution in [0.4, 0.5) is 0 Å². The Morgan fingerprint density at radius 2 is 2.03 bits per heavy atom. The van der Waals surface area contributed by atoms with Gasteiger partial charge in [0.05, 0.1) is 30.8 Å². The fourth-order valence-electron chi connectivity index (χ4n) is 5.01. The van der Waals surface area contributed by atoms with Crippen LogP contribution in [0.1, 0.15) is 42.1 Å². The number of benzene rings is 1. The van der Waals surface area contributed by atoms with E-state index in [1.807, 2.05) is 23.0 Å². The zero-order valence-corrected chi connectivity index (χ0v) is 20.8. The van der Waals surface area contributed by atoms with Crippen molar-refractivity contribution in [1.29, 1.82) is 0 Å². The van der Waals surface area contributed by atoms with E-state index in [0.717, 1.165) is 30.8 Å². The average molecular weight is 511 g/mol. The monoisotopic (exact) mass is 510 g/mol. The number of rotatable bonds is 7. The molecule has 3 aromatic rings. The van der Waals surface area contributed by atoms with Crippen LogP contribution in [0.15, 0.2) is 48.0 Å². The summed E-state index contributed by atoms with van der Waals surface area (Å²) in [6.07, 6.45) is 9.21. The molecule has 2 aromatic heterocycles. The predicted octanol–water partition coefficient (Wildman–Crippen LogP) is 2.98. The van der Waals surface area contributed by atoms with Crippen molar-refractivity contribution in [3.63, 3.8) is 0 Å². The molecule has 11 heteroatoms. The molecule has 0 radical (unpaired) electrons. The zero-order valence-electron chi connectivity index (χ0n) is 18.4. The van der Waals surface area contributed by atoms with E-state index in [-0.39, 0.29) is 35.4 Å². The number of nitrogens with zero attached hydrogens (tertiary/aromatic N) is 4. The second-order valence-corrected chi connectivity index (χ2v) is 10.9. The van der Waals surface area contributed by atoms with Crippen LogP contribution in [-0.2, 0) is 35.5 Å². The van der Waals surface area contributed by atoms with E-state index in [4.69, 9.17) is 11.6 Å². The lowest BCUT2D eigenvalue weighted by Crippen LogP contribution is -2.50. The first kappa shape index (κ1) is 24.2. The van der Waals surface area contributed by atoms with Crippen molar-refractivity contribution < 1.29 is 8.42 Å². The summed E-state index contributed by atoms with van der Waals surface area (Å²) in [5.74, 6) is 0. The molecule has 178 valence electrons. The van der Waals surface area contributed by atoms with Gasteiger partial charge in [-0.15, -0.1) is 12.4 Å². The fraction of sp³-hybridized carbons (Fsp3) is 0.455. The van der Waals surface area contributed by atoms with E-state index < -0.39 is 10.0 Å². The minimum atomic E-state index is -3.65. The van der Waals surface area contributed by atoms with Crippen LogP contribution in [0.5, 0.6) is 0 Å². The number of halogens is 2. The Labute approximate surface area is 205 Å². The topological polar surface area (TPSA) is 93.8 Å². The van der Waals surface area contributed by atoms with Gasteiger partial charge in [-0.3, -0.25) is 4.68 Å². The van der Waals surface area contributed by atoms with Crippen LogP contribution < -0.4 is 10.0 Å². The van der Waals surface area contributed by atoms with Gasteiger partial charge in [-0.25, -0.2) is 18.1 Å². The molecular formula is C22H28Cl2N6O2S. The van der Waals surface area contributed by atoms with Gasteiger partial charge < -0.3 is 9.88 Å². The summed E-state index contributed by atoms with van der Waals surface area (Å²) < 4.78 is 31.3. The molecule has 2 N–H and O–H groups in total. The molecule has 5 rings (SSSR count). The average Bonchev–Trinajstić information content (AvgIpc) is 3.36. The molecule has 3 heterocycles. The first-order valence-electron chi connectivity index (χ1n) is 10.9. The van der Waals surface area contributed by atoms with Crippen molar-refractivity contribution in [2.75, 3.05) is 13.1 Å². The van der Waals surface area contributed by atoms with Gasteiger partial charge in [0.2, 0.25) is 0 Å². The normalized spacial score (nSPS) is 19.4. The Morgan fingerprint density at radius 1 is 1.27 bits per heavy atom. The lowest BCUT2D eigenvalue weighted by Gasteiger charge is -2.50. The van der Waals surface area contributed by atoms with E-state index in [0.29, 0.717) is 6.54 Å². The number of fused-ring (bicyclic) bond motifs is 1. The second kappa shape index (κ2) is 9.38. The van der Waals surface area contributed by atoms with Crippen LogP contribution in [-0.4, -0.2) is 40.8 Å². The van der Waals surface area contributed by atoms with Crippen molar-refractivity contribution in [2.24, 2.45) is 7.05 Å². The lowest BCUT2D eigenvalue weighted by atomic mass is 9.58. The first-order chi connectivity index (χ1) is 15.4. The molecule has 1 aliphatic heterocycles. The number of aromatic nitrogens is 4. The summed E-state index contributed by atoms with van der Waals surface area (Å²) in [5, 5.41) is 9.14. The molecule has 0 amide bonds. The Bertz CT molecular complexity index is 1220. The molecule has 0 bridgehead atoms. The van der Waals surface area contributed by atoms with Crippen molar-refractivity contribution in [1.82, 2.24) is 29.4 Å². The molecule has 1 aliphatic carbocycles. The Morgan fingerprint density at radius 3 is 2.67 bits per heavy atom. The maximum atomic E-state index is 12.5. The van der Waals surface area contributed by atoms with Crippen molar-refractivity contribution in [3.8, 4) is 0 Å². The van der Waals surface area contributed by atoms with Crippen molar-refractivity contribution >= 4 is 34.0 Å². The summed E-state index contributed by atoms with van der Waals surface area (Å²) in [5.41, 5.74) is 3.71. The molecule has 0 spiro atoms. The maximum Gasteiger partial charge on any atom is 0.259 e. The minimum absolute atomic E-state index is 0. The number of hydrogen-bond donors (Lipinski definition) is 2. The Balaban J connectivity index is 0.00000259. The number of imidazole rings is 1. The van der Waals surface area contributed by atoms with E-state index in [2.05, 4.69) is 32.3 Å². The Kier molecular flexibility index (Phi) is 6.89. The SMILES string of the molecule is Cl.Cn1cnc(S(=O)(=O)NCCn2ncc3c2C(C2(c4ccc(Cl)cc4)CCC2)NCC3)c1. The summed E-state index contributed by atoms with van der Waals surface area (Å²) in [6.45, 7) is 1.61. The summed E-state index contributed by atoms with van der Waals surface area (Å²) in [7, 11) is -1.91. The van der Waals surface area contributed by atoms with Gasteiger partial charge in [-0.2, -0.15) is 5.10 Å². The largest absolute Gasteiger partial charge is 0.339 e. The zero-order chi connectivity index (χ0) is 22.3. The highest BCUT2D eigenvalue weighted by Crippen LogP contribution is 2.53. The molecule has 1 aromatic carbocycles. The smallest absolute Gasteiger partial charge is 0.259 e. The van der Waals surface area contributed by atoms with Gasteiger partial charge in [-0.1, -0.05) is 30.2 Å². The van der Waals surface area contributed by atoms with Gasteiger partial charge in [-0.05, 0) is 49.1 Å². The number of hydrogen-bond acceptors (Lipinski definition) is 5. The van der Waals surface area contributed by atoms with Gasteiger partial charge in [0.1, 0.15) is 0 Å². The maximum absolute atomic E-state index is 12.5. The van der Waals surface area contributed by atoms with Gasteiger partial charge >= 0.3 is 0 Å². The molecule has 33 heavy (non-hydrogen) atoms. The highest BCUT2D eigenvalue weighted by atomic mass is 35.5. The van der Waals surface area contributed by atoms with Gasteiger partial charge in [0.25, 0.3) is 10.0 Å². The van der Waals surface area contributed by atoms with Crippen molar-refractivity contribution in [2.45, 2.75) is 48.7 Å². The van der Waals surface area contributed by atoms with Crippen LogP contribution in [0.2, 0.25) is 5.02 Å². The fourth-order valence-corrected chi connectivity index (χ4v) is 6.14. The molecule has 1 saturated carbocycles. The number of nitrogens with one attached hydrogen (secondary N) is 2. The Hall–Kier alpha value is -1.91. The summed E-state index contributed by atoms with van der Waals surface area (Å²) >= 11 is 6.15. The van der Waals surface area contributed by atoms with E-state index in [1.54, 1.807) is 11.6 Å².